The summed E-state index contributed by atoms with van der Waals surface area (Å²) in [5.74, 6) is -1.09. The molecule has 2 aromatic carbocycles. The Kier molecular flexibility index (Phi) is 15.3. The molecule has 0 radical (unpaired) electrons. The molecule has 0 aliphatic rings. The quantitative estimate of drug-likeness (QED) is 0.283. The van der Waals surface area contributed by atoms with Gasteiger partial charge in [0.05, 0.1) is 5.92 Å². The zero-order chi connectivity index (χ0) is 18.3. The van der Waals surface area contributed by atoms with Crippen LogP contribution in [0.15, 0.2) is 48.5 Å². The summed E-state index contributed by atoms with van der Waals surface area (Å²) < 4.78 is 39.6. The minimum Gasteiger partial charge on any atom is -0.759 e. The van der Waals surface area contributed by atoms with Crippen molar-refractivity contribution in [2.75, 3.05) is 0 Å². The molecule has 2 N–H and O–H groups in total. The minimum atomic E-state index is -5.17. The number of carbonyl (C=O) groups is 1. The molecule has 11 heteroatoms. The summed E-state index contributed by atoms with van der Waals surface area (Å²) in [6.45, 7) is 1.52. The Morgan fingerprint density at radius 2 is 1.54 bits per heavy atom. The molecule has 2 rings (SSSR count). The Morgan fingerprint density at radius 3 is 2.00 bits per heavy atom. The molecule has 26 heavy (non-hydrogen) atoms. The average Bonchev–Trinajstić information content (AvgIpc) is 2.48. The largest absolute Gasteiger partial charge is 1.00 e. The van der Waals surface area contributed by atoms with Crippen molar-refractivity contribution in [3.63, 3.8) is 0 Å². The molecular weight excluding hydrogens is 418 g/mol. The van der Waals surface area contributed by atoms with Crippen LogP contribution in [-0.2, 0) is 15.2 Å². The summed E-state index contributed by atoms with van der Waals surface area (Å²) >= 11 is 0. The van der Waals surface area contributed by atoms with Gasteiger partial charge in [-0.1, -0.05) is 30.3 Å². The van der Waals surface area contributed by atoms with Gasteiger partial charge in [0.1, 0.15) is 5.75 Å². The van der Waals surface area contributed by atoms with Crippen LogP contribution in [0, 0.1) is 0 Å². The number of carboxylic acid groups (broad SMARTS) is 1. The number of rotatable bonds is 4. The minimum absolute atomic E-state index is 0. The van der Waals surface area contributed by atoms with Gasteiger partial charge in [-0.15, -0.1) is 0 Å². The molecule has 8 nitrogen and oxygen atoms in total. The molecule has 0 aromatic heterocycles. The van der Waals surface area contributed by atoms with Crippen LogP contribution in [0.3, 0.4) is 0 Å². The molecule has 0 aliphatic carbocycles. The van der Waals surface area contributed by atoms with Crippen molar-refractivity contribution in [1.82, 2.24) is 0 Å². The molecule has 0 saturated carbocycles. The molecule has 0 amide bonds. The van der Waals surface area contributed by atoms with E-state index in [1.807, 2.05) is 18.2 Å². The number of phenols is 1. The fourth-order valence-electron chi connectivity index (χ4n) is 1.72. The van der Waals surface area contributed by atoms with E-state index in [4.69, 9.17) is 27.4 Å². The van der Waals surface area contributed by atoms with E-state index in [9.17, 15) is 9.90 Å². The maximum atomic E-state index is 11.0. The standard InChI is InChI=1S/C15H14O4.2K.H2O4S/c1-10(15(17)18)12-8-5-9-13(14(12)16)19-11-6-3-2-4-7-11;;;1-5(2,3)4/h2-10,16H,1H3,(H,17,18);;;(H2,1,2,3,4)/q;2*+1;/p-2. The Balaban J connectivity index is 0. The molecule has 130 valence electrons. The molecule has 1 unspecified atom stereocenters. The fraction of sp³-hybridized carbons (Fsp3) is 0.133. The summed E-state index contributed by atoms with van der Waals surface area (Å²) in [4.78, 5) is 11.0. The first-order valence-corrected chi connectivity index (χ1v) is 7.87. The number of phenolic OH excluding ortho intramolecular Hbond substituents is 1. The summed E-state index contributed by atoms with van der Waals surface area (Å²) in [5.41, 5.74) is 0.334. The van der Waals surface area contributed by atoms with Gasteiger partial charge in [0.15, 0.2) is 11.5 Å². The van der Waals surface area contributed by atoms with Gasteiger partial charge in [0.2, 0.25) is 0 Å². The maximum Gasteiger partial charge on any atom is 1.00 e. The van der Waals surface area contributed by atoms with Crippen molar-refractivity contribution in [3.8, 4) is 17.2 Å². The zero-order valence-corrected chi connectivity index (χ0v) is 21.5. The number of aromatic hydroxyl groups is 1. The number of carboxylic acids is 1. The van der Waals surface area contributed by atoms with Crippen LogP contribution in [0.2, 0.25) is 0 Å². The third-order valence-electron chi connectivity index (χ3n) is 2.84. The van der Waals surface area contributed by atoms with Crippen molar-refractivity contribution in [3.05, 3.63) is 54.1 Å². The van der Waals surface area contributed by atoms with Gasteiger partial charge in [0, 0.05) is 16.0 Å². The maximum absolute atomic E-state index is 11.0. The molecule has 0 fully saturated rings. The van der Waals surface area contributed by atoms with Gasteiger partial charge in [-0.25, -0.2) is 0 Å². The molecular formula is C15H14K2O8S. The van der Waals surface area contributed by atoms with Gasteiger partial charge in [-0.3, -0.25) is 13.2 Å². The van der Waals surface area contributed by atoms with Crippen molar-refractivity contribution in [1.29, 1.82) is 0 Å². The third-order valence-corrected chi connectivity index (χ3v) is 2.84. The predicted molar refractivity (Wildman–Crippen MR) is 81.1 cm³/mol. The van der Waals surface area contributed by atoms with Crippen LogP contribution >= 0.6 is 0 Å². The molecule has 0 saturated heterocycles. The first kappa shape index (κ1) is 28.9. The number of aliphatic carboxylic acids is 1. The number of benzene rings is 2. The van der Waals surface area contributed by atoms with Crippen molar-refractivity contribution < 1.29 is 140 Å². The van der Waals surface area contributed by atoms with E-state index in [-0.39, 0.29) is 114 Å². The van der Waals surface area contributed by atoms with E-state index >= 15 is 0 Å². The van der Waals surface area contributed by atoms with Crippen LogP contribution in [0.25, 0.3) is 0 Å². The van der Waals surface area contributed by atoms with Crippen molar-refractivity contribution in [2.45, 2.75) is 12.8 Å². The number of hydrogen-bond acceptors (Lipinski definition) is 7. The average molecular weight is 433 g/mol. The number of hydrogen-bond donors (Lipinski definition) is 2. The van der Waals surface area contributed by atoms with Crippen molar-refractivity contribution in [2.24, 2.45) is 0 Å². The Bertz CT molecular complexity index is 789. The van der Waals surface area contributed by atoms with Crippen LogP contribution in [-0.4, -0.2) is 33.7 Å². The molecule has 2 aromatic rings. The van der Waals surface area contributed by atoms with Crippen LogP contribution in [0.5, 0.6) is 17.2 Å². The van der Waals surface area contributed by atoms with E-state index in [1.54, 1.807) is 30.3 Å². The zero-order valence-electron chi connectivity index (χ0n) is 14.4. The number of para-hydroxylation sites is 2. The molecule has 0 heterocycles. The van der Waals surface area contributed by atoms with Crippen molar-refractivity contribution >= 4 is 16.4 Å². The Labute approximate surface area is 236 Å². The second-order valence-corrected chi connectivity index (χ2v) is 5.39. The van der Waals surface area contributed by atoms with Crippen LogP contribution in [0.4, 0.5) is 0 Å². The Hall–Kier alpha value is 0.653. The molecule has 0 bridgehead atoms. The first-order chi connectivity index (χ1) is 11.1. The summed E-state index contributed by atoms with van der Waals surface area (Å²) in [6, 6.07) is 13.8. The van der Waals surface area contributed by atoms with E-state index in [1.165, 1.54) is 6.92 Å². The summed E-state index contributed by atoms with van der Waals surface area (Å²) in [7, 11) is -5.17. The predicted octanol–water partition coefficient (Wildman–Crippen LogP) is -3.96. The van der Waals surface area contributed by atoms with E-state index < -0.39 is 22.3 Å². The monoisotopic (exact) mass is 432 g/mol. The SMILES string of the molecule is CC(C(=O)O)c1cccc(Oc2ccccc2)c1O.O=S(=O)([O-])[O-].[K+].[K+]. The van der Waals surface area contributed by atoms with Gasteiger partial charge < -0.3 is 24.1 Å². The van der Waals surface area contributed by atoms with Gasteiger partial charge in [-0.05, 0) is 25.1 Å². The second-order valence-electron chi connectivity index (χ2n) is 4.58. The van der Waals surface area contributed by atoms with Crippen LogP contribution < -0.4 is 108 Å². The summed E-state index contributed by atoms with van der Waals surface area (Å²) in [6.07, 6.45) is 0. The summed E-state index contributed by atoms with van der Waals surface area (Å²) in [5, 5.41) is 19.1. The normalized spacial score (nSPS) is 10.9. The van der Waals surface area contributed by atoms with Gasteiger partial charge >= 0.3 is 109 Å². The van der Waals surface area contributed by atoms with E-state index in [0.29, 0.717) is 11.3 Å². The third kappa shape index (κ3) is 11.5. The fourth-order valence-corrected chi connectivity index (χ4v) is 1.72. The molecule has 0 spiro atoms. The smallest absolute Gasteiger partial charge is 0.759 e. The van der Waals surface area contributed by atoms with Crippen LogP contribution in [0.1, 0.15) is 18.4 Å². The van der Waals surface area contributed by atoms with Gasteiger partial charge in [0.25, 0.3) is 0 Å². The van der Waals surface area contributed by atoms with E-state index in [0.717, 1.165) is 0 Å². The first-order valence-electron chi connectivity index (χ1n) is 6.54. The van der Waals surface area contributed by atoms with Gasteiger partial charge in [-0.2, -0.15) is 0 Å². The Morgan fingerprint density at radius 1 is 1.04 bits per heavy atom. The second kappa shape index (κ2) is 13.8. The molecule has 0 aliphatic heterocycles. The topological polar surface area (TPSA) is 147 Å². The van der Waals surface area contributed by atoms with E-state index in [2.05, 4.69) is 0 Å². The molecule has 1 atom stereocenters. The number of ether oxygens (including phenoxy) is 1.